The SMILES string of the molecule is CCC1=C(C)Cc2ccc(F)cc21. The van der Waals surface area contributed by atoms with Crippen LogP contribution in [0, 0.1) is 5.82 Å². The Hall–Kier alpha value is -1.11. The molecule has 1 heteroatoms. The highest BCUT2D eigenvalue weighted by Crippen LogP contribution is 2.34. The van der Waals surface area contributed by atoms with Gasteiger partial charge in [-0.3, -0.25) is 0 Å². The van der Waals surface area contributed by atoms with Crippen molar-refractivity contribution in [3.8, 4) is 0 Å². The lowest BCUT2D eigenvalue weighted by molar-refractivity contribution is 0.627. The third-order valence-corrected chi connectivity index (χ3v) is 2.72. The molecule has 0 amide bonds. The first-order valence-electron chi connectivity index (χ1n) is 4.69. The van der Waals surface area contributed by atoms with Crippen molar-refractivity contribution in [2.75, 3.05) is 0 Å². The first-order chi connectivity index (χ1) is 6.22. The van der Waals surface area contributed by atoms with E-state index in [1.165, 1.54) is 16.7 Å². The summed E-state index contributed by atoms with van der Waals surface area (Å²) < 4.78 is 13.0. The normalized spacial score (nSPS) is 15.0. The van der Waals surface area contributed by atoms with Gasteiger partial charge in [0.25, 0.3) is 0 Å². The van der Waals surface area contributed by atoms with Crippen LogP contribution in [-0.2, 0) is 6.42 Å². The van der Waals surface area contributed by atoms with Crippen LogP contribution in [0.25, 0.3) is 5.57 Å². The minimum Gasteiger partial charge on any atom is -0.207 e. The van der Waals surface area contributed by atoms with Gasteiger partial charge in [-0.25, -0.2) is 4.39 Å². The molecule has 13 heavy (non-hydrogen) atoms. The Morgan fingerprint density at radius 3 is 2.85 bits per heavy atom. The number of benzene rings is 1. The number of hydrogen-bond acceptors (Lipinski definition) is 0. The maximum Gasteiger partial charge on any atom is 0.123 e. The molecular weight excluding hydrogens is 163 g/mol. The van der Waals surface area contributed by atoms with E-state index in [0.717, 1.165) is 18.4 Å². The Kier molecular flexibility index (Phi) is 1.95. The second-order valence-corrected chi connectivity index (χ2v) is 3.59. The van der Waals surface area contributed by atoms with Crippen LogP contribution < -0.4 is 0 Å². The monoisotopic (exact) mass is 176 g/mol. The summed E-state index contributed by atoms with van der Waals surface area (Å²) in [4.78, 5) is 0. The second kappa shape index (κ2) is 2.99. The fourth-order valence-electron chi connectivity index (χ4n) is 2.10. The van der Waals surface area contributed by atoms with Crippen LogP contribution in [0.1, 0.15) is 31.4 Å². The molecule has 0 aromatic heterocycles. The molecule has 0 unspecified atom stereocenters. The molecule has 0 bridgehead atoms. The highest BCUT2D eigenvalue weighted by Gasteiger charge is 2.17. The van der Waals surface area contributed by atoms with Gasteiger partial charge in [-0.1, -0.05) is 18.6 Å². The molecule has 0 radical (unpaired) electrons. The summed E-state index contributed by atoms with van der Waals surface area (Å²) in [6.07, 6.45) is 2.00. The van der Waals surface area contributed by atoms with Crippen molar-refractivity contribution in [1.29, 1.82) is 0 Å². The van der Waals surface area contributed by atoms with Gasteiger partial charge in [0.15, 0.2) is 0 Å². The largest absolute Gasteiger partial charge is 0.207 e. The summed E-state index contributed by atoms with van der Waals surface area (Å²) >= 11 is 0. The zero-order valence-electron chi connectivity index (χ0n) is 8.02. The van der Waals surface area contributed by atoms with Crippen molar-refractivity contribution in [3.63, 3.8) is 0 Å². The molecule has 0 spiro atoms. The maximum atomic E-state index is 13.0. The second-order valence-electron chi connectivity index (χ2n) is 3.59. The number of rotatable bonds is 1. The lowest BCUT2D eigenvalue weighted by Crippen LogP contribution is -1.85. The fraction of sp³-hybridized carbons (Fsp3) is 0.333. The first kappa shape index (κ1) is 8.49. The molecule has 68 valence electrons. The van der Waals surface area contributed by atoms with Gasteiger partial charge in [-0.2, -0.15) is 0 Å². The van der Waals surface area contributed by atoms with E-state index < -0.39 is 0 Å². The van der Waals surface area contributed by atoms with E-state index in [-0.39, 0.29) is 5.82 Å². The predicted octanol–water partition coefficient (Wildman–Crippen LogP) is 3.57. The van der Waals surface area contributed by atoms with Crippen LogP contribution in [0.2, 0.25) is 0 Å². The number of allylic oxidation sites excluding steroid dienone is 2. The van der Waals surface area contributed by atoms with Gasteiger partial charge in [-0.15, -0.1) is 0 Å². The molecule has 1 aromatic carbocycles. The average molecular weight is 176 g/mol. The van der Waals surface area contributed by atoms with E-state index in [9.17, 15) is 4.39 Å². The molecule has 0 nitrogen and oxygen atoms in total. The minimum atomic E-state index is -0.126. The van der Waals surface area contributed by atoms with Crippen molar-refractivity contribution in [2.45, 2.75) is 26.7 Å². The quantitative estimate of drug-likeness (QED) is 0.613. The highest BCUT2D eigenvalue weighted by molar-refractivity contribution is 5.75. The molecule has 0 heterocycles. The summed E-state index contributed by atoms with van der Waals surface area (Å²) in [5.74, 6) is -0.126. The molecule has 0 atom stereocenters. The maximum absolute atomic E-state index is 13.0. The van der Waals surface area contributed by atoms with Gasteiger partial charge < -0.3 is 0 Å². The molecule has 0 N–H and O–H groups in total. The zero-order valence-corrected chi connectivity index (χ0v) is 8.02. The smallest absolute Gasteiger partial charge is 0.123 e. The molecule has 0 saturated carbocycles. The third kappa shape index (κ3) is 1.28. The van der Waals surface area contributed by atoms with E-state index in [0.29, 0.717) is 0 Å². The van der Waals surface area contributed by atoms with Crippen LogP contribution in [-0.4, -0.2) is 0 Å². The summed E-state index contributed by atoms with van der Waals surface area (Å²) in [7, 11) is 0. The predicted molar refractivity (Wildman–Crippen MR) is 53.0 cm³/mol. The molecule has 0 fully saturated rings. The van der Waals surface area contributed by atoms with E-state index in [2.05, 4.69) is 13.8 Å². The van der Waals surface area contributed by atoms with E-state index in [1.807, 2.05) is 6.07 Å². The molecule has 2 rings (SSSR count). The van der Waals surface area contributed by atoms with Crippen molar-refractivity contribution >= 4 is 5.57 Å². The summed E-state index contributed by atoms with van der Waals surface area (Å²) in [5, 5.41) is 0. The van der Waals surface area contributed by atoms with Crippen molar-refractivity contribution in [2.24, 2.45) is 0 Å². The fourth-order valence-corrected chi connectivity index (χ4v) is 2.10. The van der Waals surface area contributed by atoms with E-state index in [1.54, 1.807) is 12.1 Å². The van der Waals surface area contributed by atoms with Gasteiger partial charge in [0.1, 0.15) is 5.82 Å². The van der Waals surface area contributed by atoms with Gasteiger partial charge in [0, 0.05) is 0 Å². The Bertz CT molecular complexity index is 375. The van der Waals surface area contributed by atoms with Crippen LogP contribution in [0.5, 0.6) is 0 Å². The average Bonchev–Trinajstić information content (AvgIpc) is 2.40. The summed E-state index contributed by atoms with van der Waals surface area (Å²) in [5.41, 5.74) is 5.12. The molecule has 1 aromatic rings. The van der Waals surface area contributed by atoms with Crippen LogP contribution in [0.3, 0.4) is 0 Å². The lowest BCUT2D eigenvalue weighted by atomic mass is 10.0. The topological polar surface area (TPSA) is 0 Å². The van der Waals surface area contributed by atoms with Crippen molar-refractivity contribution in [1.82, 2.24) is 0 Å². The summed E-state index contributed by atoms with van der Waals surface area (Å²) in [6, 6.07) is 5.10. The van der Waals surface area contributed by atoms with Crippen LogP contribution in [0.15, 0.2) is 23.8 Å². The minimum absolute atomic E-state index is 0.126. The molecular formula is C12H13F. The Morgan fingerprint density at radius 1 is 1.38 bits per heavy atom. The zero-order chi connectivity index (χ0) is 9.42. The lowest BCUT2D eigenvalue weighted by Gasteiger charge is -2.02. The first-order valence-corrected chi connectivity index (χ1v) is 4.69. The number of fused-ring (bicyclic) bond motifs is 1. The Labute approximate surface area is 78.1 Å². The Morgan fingerprint density at radius 2 is 2.15 bits per heavy atom. The summed E-state index contributed by atoms with van der Waals surface area (Å²) in [6.45, 7) is 4.26. The van der Waals surface area contributed by atoms with E-state index in [4.69, 9.17) is 0 Å². The highest BCUT2D eigenvalue weighted by atomic mass is 19.1. The van der Waals surface area contributed by atoms with Gasteiger partial charge in [0.05, 0.1) is 0 Å². The van der Waals surface area contributed by atoms with Crippen LogP contribution in [0.4, 0.5) is 4.39 Å². The number of halogens is 1. The molecule has 0 saturated heterocycles. The van der Waals surface area contributed by atoms with Crippen LogP contribution >= 0.6 is 0 Å². The number of hydrogen-bond donors (Lipinski definition) is 0. The Balaban J connectivity index is 2.55. The standard InChI is InChI=1S/C12H13F/c1-3-11-8(2)6-9-4-5-10(13)7-12(9)11/h4-5,7H,3,6H2,1-2H3. The molecule has 1 aliphatic rings. The molecule has 0 aliphatic heterocycles. The van der Waals surface area contributed by atoms with Gasteiger partial charge >= 0.3 is 0 Å². The molecule has 1 aliphatic carbocycles. The van der Waals surface area contributed by atoms with Crippen molar-refractivity contribution < 1.29 is 4.39 Å². The van der Waals surface area contributed by atoms with Gasteiger partial charge in [0.2, 0.25) is 0 Å². The van der Waals surface area contributed by atoms with Gasteiger partial charge in [-0.05, 0) is 48.6 Å². The third-order valence-electron chi connectivity index (χ3n) is 2.72. The van der Waals surface area contributed by atoms with Crippen molar-refractivity contribution in [3.05, 3.63) is 40.7 Å². The van der Waals surface area contributed by atoms with E-state index >= 15 is 0 Å².